The molecule has 1 aromatic rings. The van der Waals surface area contributed by atoms with E-state index in [0.29, 0.717) is 18.7 Å². The summed E-state index contributed by atoms with van der Waals surface area (Å²) >= 11 is 0. The number of hydrogen-bond donors (Lipinski definition) is 2. The molecule has 0 fully saturated rings. The van der Waals surface area contributed by atoms with Crippen LogP contribution >= 0.6 is 0 Å². The summed E-state index contributed by atoms with van der Waals surface area (Å²) in [7, 11) is 3.29. The van der Waals surface area contributed by atoms with E-state index in [9.17, 15) is 9.59 Å². The maximum atomic E-state index is 12.0. The molecular formula is C14H21N3O2. The van der Waals surface area contributed by atoms with E-state index in [-0.39, 0.29) is 17.7 Å². The van der Waals surface area contributed by atoms with Crippen molar-refractivity contribution in [1.82, 2.24) is 10.2 Å². The zero-order valence-electron chi connectivity index (χ0n) is 11.6. The molecular weight excluding hydrogens is 242 g/mol. The summed E-state index contributed by atoms with van der Waals surface area (Å²) in [5, 5.41) is 2.57. The molecule has 0 saturated heterocycles. The Balaban J connectivity index is 2.56. The summed E-state index contributed by atoms with van der Waals surface area (Å²) in [6, 6.07) is 7.26. The molecule has 1 aromatic carbocycles. The van der Waals surface area contributed by atoms with Gasteiger partial charge in [0, 0.05) is 26.3 Å². The number of amides is 2. The molecule has 0 aliphatic carbocycles. The number of rotatable bonds is 5. The minimum Gasteiger partial charge on any atom is -0.399 e. The number of nitrogen functional groups attached to an aromatic ring is 1. The number of nitrogens with one attached hydrogen (secondary N) is 1. The number of carbonyl (C=O) groups is 2. The standard InChI is InChI=1S/C14H21N3O2/c1-10(14(19)16-2)9-17(3)13(18)8-11-5-4-6-12(15)7-11/h4-7,10H,8-9,15H2,1-3H3,(H,16,19). The molecule has 0 bridgehead atoms. The predicted octanol–water partition coefficient (Wildman–Crippen LogP) is 0.652. The van der Waals surface area contributed by atoms with E-state index in [1.54, 1.807) is 38.1 Å². The van der Waals surface area contributed by atoms with E-state index in [0.717, 1.165) is 5.56 Å². The Hall–Kier alpha value is -2.04. The van der Waals surface area contributed by atoms with Crippen molar-refractivity contribution < 1.29 is 9.59 Å². The molecule has 0 aliphatic heterocycles. The van der Waals surface area contributed by atoms with Crippen LogP contribution in [0.2, 0.25) is 0 Å². The third kappa shape index (κ3) is 4.62. The molecule has 1 rings (SSSR count). The normalized spacial score (nSPS) is 11.7. The smallest absolute Gasteiger partial charge is 0.226 e. The van der Waals surface area contributed by atoms with Gasteiger partial charge in [-0.15, -0.1) is 0 Å². The van der Waals surface area contributed by atoms with Gasteiger partial charge in [0.1, 0.15) is 0 Å². The summed E-state index contributed by atoms with van der Waals surface area (Å²) < 4.78 is 0. The van der Waals surface area contributed by atoms with Gasteiger partial charge < -0.3 is 16.0 Å². The van der Waals surface area contributed by atoms with Gasteiger partial charge in [0.2, 0.25) is 11.8 Å². The number of nitrogens with two attached hydrogens (primary N) is 1. The Labute approximate surface area is 113 Å². The first-order valence-electron chi connectivity index (χ1n) is 6.24. The van der Waals surface area contributed by atoms with Crippen LogP contribution in [0, 0.1) is 5.92 Å². The minimum absolute atomic E-state index is 0.0265. The summed E-state index contributed by atoms with van der Waals surface area (Å²) in [6.45, 7) is 2.20. The van der Waals surface area contributed by atoms with Crippen molar-refractivity contribution in [2.24, 2.45) is 5.92 Å². The fourth-order valence-corrected chi connectivity index (χ4v) is 1.85. The van der Waals surface area contributed by atoms with Gasteiger partial charge in [0.15, 0.2) is 0 Å². The lowest BCUT2D eigenvalue weighted by Crippen LogP contribution is -2.38. The Morgan fingerprint density at radius 2 is 2.11 bits per heavy atom. The molecule has 19 heavy (non-hydrogen) atoms. The van der Waals surface area contributed by atoms with Gasteiger partial charge in [0.25, 0.3) is 0 Å². The van der Waals surface area contributed by atoms with E-state index in [4.69, 9.17) is 5.73 Å². The number of nitrogens with zero attached hydrogens (tertiary/aromatic N) is 1. The average molecular weight is 263 g/mol. The fraction of sp³-hybridized carbons (Fsp3) is 0.429. The molecule has 0 aliphatic rings. The highest BCUT2D eigenvalue weighted by Crippen LogP contribution is 2.09. The van der Waals surface area contributed by atoms with Crippen molar-refractivity contribution in [2.75, 3.05) is 26.4 Å². The largest absolute Gasteiger partial charge is 0.399 e. The van der Waals surface area contributed by atoms with Crippen molar-refractivity contribution >= 4 is 17.5 Å². The molecule has 0 spiro atoms. The predicted molar refractivity (Wildman–Crippen MR) is 75.4 cm³/mol. The first-order valence-corrected chi connectivity index (χ1v) is 6.24. The second kappa shape index (κ2) is 6.78. The van der Waals surface area contributed by atoms with E-state index in [2.05, 4.69) is 5.32 Å². The van der Waals surface area contributed by atoms with E-state index < -0.39 is 0 Å². The van der Waals surface area contributed by atoms with Crippen LogP contribution in [0.1, 0.15) is 12.5 Å². The number of carbonyl (C=O) groups excluding carboxylic acids is 2. The van der Waals surface area contributed by atoms with Gasteiger partial charge in [0.05, 0.1) is 12.3 Å². The maximum Gasteiger partial charge on any atom is 0.226 e. The molecule has 3 N–H and O–H groups in total. The van der Waals surface area contributed by atoms with E-state index >= 15 is 0 Å². The van der Waals surface area contributed by atoms with Crippen molar-refractivity contribution in [1.29, 1.82) is 0 Å². The number of benzene rings is 1. The second-order valence-corrected chi connectivity index (χ2v) is 4.71. The Morgan fingerprint density at radius 1 is 1.42 bits per heavy atom. The lowest BCUT2D eigenvalue weighted by molar-refractivity contribution is -0.131. The monoisotopic (exact) mass is 263 g/mol. The van der Waals surface area contributed by atoms with Crippen molar-refractivity contribution in [3.05, 3.63) is 29.8 Å². The van der Waals surface area contributed by atoms with Crippen molar-refractivity contribution in [3.8, 4) is 0 Å². The molecule has 1 unspecified atom stereocenters. The molecule has 2 amide bonds. The minimum atomic E-state index is -0.222. The Kier molecular flexibility index (Phi) is 5.36. The fourth-order valence-electron chi connectivity index (χ4n) is 1.85. The van der Waals surface area contributed by atoms with E-state index in [1.807, 2.05) is 12.1 Å². The van der Waals surface area contributed by atoms with Gasteiger partial charge in [-0.2, -0.15) is 0 Å². The highest BCUT2D eigenvalue weighted by atomic mass is 16.2. The summed E-state index contributed by atoms with van der Waals surface area (Å²) in [5.41, 5.74) is 7.20. The molecule has 0 saturated carbocycles. The summed E-state index contributed by atoms with van der Waals surface area (Å²) in [6.07, 6.45) is 0.294. The van der Waals surface area contributed by atoms with Crippen LogP contribution < -0.4 is 11.1 Å². The molecule has 5 heteroatoms. The van der Waals surface area contributed by atoms with Crippen LogP contribution in [0.5, 0.6) is 0 Å². The van der Waals surface area contributed by atoms with Crippen molar-refractivity contribution in [3.63, 3.8) is 0 Å². The Morgan fingerprint density at radius 3 is 2.68 bits per heavy atom. The SMILES string of the molecule is CNC(=O)C(C)CN(C)C(=O)Cc1cccc(N)c1. The maximum absolute atomic E-state index is 12.0. The summed E-state index contributed by atoms with van der Waals surface area (Å²) in [4.78, 5) is 25.0. The topological polar surface area (TPSA) is 75.4 Å². The molecule has 5 nitrogen and oxygen atoms in total. The van der Waals surface area contributed by atoms with Crippen LogP contribution in [0.4, 0.5) is 5.69 Å². The quantitative estimate of drug-likeness (QED) is 0.766. The van der Waals surface area contributed by atoms with Crippen LogP contribution in [0.3, 0.4) is 0 Å². The zero-order chi connectivity index (χ0) is 14.4. The molecule has 1 atom stereocenters. The van der Waals surface area contributed by atoms with Gasteiger partial charge in [-0.25, -0.2) is 0 Å². The van der Waals surface area contributed by atoms with Crippen molar-refractivity contribution in [2.45, 2.75) is 13.3 Å². The van der Waals surface area contributed by atoms with Gasteiger partial charge in [-0.1, -0.05) is 19.1 Å². The molecule has 104 valence electrons. The number of hydrogen-bond acceptors (Lipinski definition) is 3. The third-order valence-electron chi connectivity index (χ3n) is 2.97. The van der Waals surface area contributed by atoms with Gasteiger partial charge in [-0.05, 0) is 17.7 Å². The van der Waals surface area contributed by atoms with Crippen LogP contribution in [-0.4, -0.2) is 37.4 Å². The first-order chi connectivity index (χ1) is 8.93. The molecule has 0 heterocycles. The van der Waals surface area contributed by atoms with Gasteiger partial charge >= 0.3 is 0 Å². The highest BCUT2D eigenvalue weighted by Gasteiger charge is 2.17. The molecule has 0 radical (unpaired) electrons. The zero-order valence-corrected chi connectivity index (χ0v) is 11.6. The summed E-state index contributed by atoms with van der Waals surface area (Å²) in [5.74, 6) is -0.315. The van der Waals surface area contributed by atoms with Crippen LogP contribution in [-0.2, 0) is 16.0 Å². The first kappa shape index (κ1) is 15.0. The molecule has 0 aromatic heterocycles. The third-order valence-corrected chi connectivity index (χ3v) is 2.97. The number of likely N-dealkylation sites (N-methyl/N-ethyl adjacent to an activating group) is 1. The number of anilines is 1. The Bertz CT molecular complexity index is 460. The van der Waals surface area contributed by atoms with Crippen LogP contribution in [0.25, 0.3) is 0 Å². The highest BCUT2D eigenvalue weighted by molar-refractivity contribution is 5.81. The van der Waals surface area contributed by atoms with Gasteiger partial charge in [-0.3, -0.25) is 9.59 Å². The lowest BCUT2D eigenvalue weighted by atomic mass is 10.1. The lowest BCUT2D eigenvalue weighted by Gasteiger charge is -2.20. The van der Waals surface area contributed by atoms with Crippen LogP contribution in [0.15, 0.2) is 24.3 Å². The second-order valence-electron chi connectivity index (χ2n) is 4.71. The van der Waals surface area contributed by atoms with E-state index in [1.165, 1.54) is 0 Å². The average Bonchev–Trinajstić information content (AvgIpc) is 2.37.